The Bertz CT molecular complexity index is 1570. The maximum Gasteiger partial charge on any atom is 0.329 e. The number of hydrogen-bond donors (Lipinski definition) is 4. The summed E-state index contributed by atoms with van der Waals surface area (Å²) >= 11 is 1.26. The maximum absolute atomic E-state index is 13.6. The van der Waals surface area contributed by atoms with Crippen LogP contribution in [0.4, 0.5) is 14.5 Å². The van der Waals surface area contributed by atoms with Crippen molar-refractivity contribution < 1.29 is 42.9 Å². The first-order chi connectivity index (χ1) is 22.1. The second-order valence-electron chi connectivity index (χ2n) is 11.2. The van der Waals surface area contributed by atoms with Gasteiger partial charge in [0.25, 0.3) is 5.91 Å². The van der Waals surface area contributed by atoms with Crippen LogP contribution in [0.3, 0.4) is 0 Å². The number of anilines is 1. The van der Waals surface area contributed by atoms with Crippen molar-refractivity contribution in [1.82, 2.24) is 10.6 Å². The van der Waals surface area contributed by atoms with E-state index < -0.39 is 52.4 Å². The molecular weight excluding hydrogens is 620 g/mol. The molecule has 3 aromatic carbocycles. The predicted octanol–water partition coefficient (Wildman–Crippen LogP) is 3.90. The molecule has 3 aromatic rings. The molecule has 0 aromatic heterocycles. The Morgan fingerprint density at radius 2 is 1.54 bits per heavy atom. The number of carboxylic acids is 1. The van der Waals surface area contributed by atoms with Gasteiger partial charge in [0.1, 0.15) is 28.2 Å². The fourth-order valence-electron chi connectivity index (χ4n) is 5.64. The molecule has 5 rings (SSSR count). The highest BCUT2D eigenvalue weighted by molar-refractivity contribution is 8.00. The lowest BCUT2D eigenvalue weighted by atomic mass is 9.92. The summed E-state index contributed by atoms with van der Waals surface area (Å²) in [5.74, 6) is -2.79. The fourth-order valence-corrected chi connectivity index (χ4v) is 6.94. The van der Waals surface area contributed by atoms with E-state index in [0.29, 0.717) is 42.7 Å². The maximum atomic E-state index is 13.6. The van der Waals surface area contributed by atoms with E-state index in [-0.39, 0.29) is 24.8 Å². The lowest BCUT2D eigenvalue weighted by Crippen LogP contribution is -2.57. The summed E-state index contributed by atoms with van der Waals surface area (Å²) in [6.07, 6.45) is 1.16. The monoisotopic (exact) mass is 653 g/mol. The van der Waals surface area contributed by atoms with E-state index in [1.807, 2.05) is 0 Å². The summed E-state index contributed by atoms with van der Waals surface area (Å²) in [6, 6.07) is 17.4. The number of aliphatic hydroxyl groups excluding tert-OH is 1. The van der Waals surface area contributed by atoms with Crippen molar-refractivity contribution in [3.05, 3.63) is 95.6 Å². The van der Waals surface area contributed by atoms with Crippen molar-refractivity contribution in [3.63, 3.8) is 0 Å². The van der Waals surface area contributed by atoms with Gasteiger partial charge in [-0.1, -0.05) is 37.1 Å². The number of nitrogens with zero attached hydrogens (tertiary/aromatic N) is 1. The number of aliphatic carboxylic acids is 1. The summed E-state index contributed by atoms with van der Waals surface area (Å²) in [7, 11) is 0. The van der Waals surface area contributed by atoms with Crippen LogP contribution in [-0.4, -0.2) is 63.6 Å². The fraction of sp³-hybridized carbons (Fsp3) is 0.333. The van der Waals surface area contributed by atoms with E-state index in [1.165, 1.54) is 60.3 Å². The van der Waals surface area contributed by atoms with Gasteiger partial charge >= 0.3 is 5.97 Å². The van der Waals surface area contributed by atoms with Gasteiger partial charge in [0.15, 0.2) is 6.61 Å². The Kier molecular flexibility index (Phi) is 10.2. The van der Waals surface area contributed by atoms with Crippen molar-refractivity contribution in [2.24, 2.45) is 0 Å². The number of hydrogen-bond acceptors (Lipinski definition) is 7. The quantitative estimate of drug-likeness (QED) is 0.204. The summed E-state index contributed by atoms with van der Waals surface area (Å²) in [5.41, 5.74) is 0.481. The molecule has 1 heterocycles. The largest absolute Gasteiger partial charge is 0.484 e. The number of β-lactam (4-membered cyclic amide) rings is 1. The lowest BCUT2D eigenvalue weighted by molar-refractivity contribution is -0.147. The SMILES string of the molecule is O=C(COc1ccc([C@@H]2[C@@H](SCC(O)c3ccc(F)cc3)C(=O)N2c2ccc(F)cc2)cc1)NCC(=O)NC1(C(=O)O)CCCC1. The van der Waals surface area contributed by atoms with Crippen LogP contribution in [0.1, 0.15) is 49.0 Å². The molecule has 10 nitrogen and oxygen atoms in total. The Morgan fingerprint density at radius 3 is 2.15 bits per heavy atom. The van der Waals surface area contributed by atoms with Gasteiger partial charge in [-0.15, -0.1) is 11.8 Å². The van der Waals surface area contributed by atoms with Gasteiger partial charge in [-0.3, -0.25) is 14.4 Å². The summed E-state index contributed by atoms with van der Waals surface area (Å²) < 4.78 is 32.5. The van der Waals surface area contributed by atoms with Crippen molar-refractivity contribution in [1.29, 1.82) is 0 Å². The standard InChI is InChI=1S/C33H33F2N3O7S/c34-22-7-3-20(4-8-22)26(39)19-46-30-29(38(31(30)42)24-11-9-23(35)10-12-24)21-5-13-25(14-6-21)45-18-28(41)36-17-27(40)37-33(32(43)44)15-1-2-16-33/h3-14,26,29-30,39H,1-2,15-19H2,(H,36,41)(H,37,40)(H,43,44)/t26?,29-,30-/m1/s1. The zero-order valence-corrected chi connectivity index (χ0v) is 25.5. The highest BCUT2D eigenvalue weighted by Crippen LogP contribution is 2.46. The number of ether oxygens (including phenoxy) is 1. The van der Waals surface area contributed by atoms with Crippen LogP contribution in [0.25, 0.3) is 0 Å². The second kappa shape index (κ2) is 14.3. The minimum absolute atomic E-state index is 0.182. The molecule has 1 saturated heterocycles. The van der Waals surface area contributed by atoms with Crippen LogP contribution in [0.15, 0.2) is 72.8 Å². The van der Waals surface area contributed by atoms with E-state index in [2.05, 4.69) is 10.6 Å². The van der Waals surface area contributed by atoms with Gasteiger partial charge in [-0.25, -0.2) is 13.6 Å². The number of aliphatic hydroxyl groups is 1. The van der Waals surface area contributed by atoms with Crippen molar-refractivity contribution >= 4 is 41.1 Å². The first-order valence-electron chi connectivity index (χ1n) is 14.7. The molecule has 3 amide bonds. The number of benzene rings is 3. The van der Waals surface area contributed by atoms with E-state index in [0.717, 1.165) is 5.56 Å². The summed E-state index contributed by atoms with van der Waals surface area (Å²) in [6.45, 7) is -0.778. The lowest BCUT2D eigenvalue weighted by Gasteiger charge is -2.47. The first kappa shape index (κ1) is 32.9. The minimum atomic E-state index is -1.29. The Labute approximate surface area is 268 Å². The smallest absolute Gasteiger partial charge is 0.329 e. The minimum Gasteiger partial charge on any atom is -0.484 e. The molecule has 0 radical (unpaired) electrons. The molecule has 13 heteroatoms. The number of carbonyl (C=O) groups is 4. The highest BCUT2D eigenvalue weighted by atomic mass is 32.2. The van der Waals surface area contributed by atoms with Crippen LogP contribution in [0.5, 0.6) is 5.75 Å². The summed E-state index contributed by atoms with van der Waals surface area (Å²) in [5, 5.41) is 24.5. The first-order valence-corrected chi connectivity index (χ1v) is 15.8. The zero-order valence-electron chi connectivity index (χ0n) is 24.7. The predicted molar refractivity (Wildman–Crippen MR) is 166 cm³/mol. The number of thioether (sulfide) groups is 1. The Hall–Kier alpha value is -4.49. The van der Waals surface area contributed by atoms with Gasteiger partial charge < -0.3 is 30.5 Å². The third-order valence-electron chi connectivity index (χ3n) is 8.12. The second-order valence-corrected chi connectivity index (χ2v) is 12.4. The normalized spacial score (nSPS) is 19.2. The van der Waals surface area contributed by atoms with E-state index >= 15 is 0 Å². The van der Waals surface area contributed by atoms with Crippen LogP contribution >= 0.6 is 11.8 Å². The summed E-state index contributed by atoms with van der Waals surface area (Å²) in [4.78, 5) is 51.0. The van der Waals surface area contributed by atoms with Gasteiger partial charge in [0.05, 0.1) is 18.7 Å². The highest BCUT2D eigenvalue weighted by Gasteiger charge is 2.49. The Balaban J connectivity index is 1.19. The third-order valence-corrected chi connectivity index (χ3v) is 9.45. The number of halogens is 2. The molecule has 3 atom stereocenters. The number of carboxylic acid groups (broad SMARTS) is 1. The zero-order chi connectivity index (χ0) is 32.8. The van der Waals surface area contributed by atoms with Crippen LogP contribution < -0.4 is 20.3 Å². The molecule has 242 valence electrons. The topological polar surface area (TPSA) is 145 Å². The molecule has 2 aliphatic rings. The van der Waals surface area contributed by atoms with Crippen molar-refractivity contribution in [2.75, 3.05) is 23.8 Å². The number of amides is 3. The van der Waals surface area contributed by atoms with Crippen LogP contribution in [-0.2, 0) is 19.2 Å². The number of rotatable bonds is 13. The molecule has 4 N–H and O–H groups in total. The number of nitrogens with one attached hydrogen (secondary N) is 2. The average Bonchev–Trinajstić information content (AvgIpc) is 3.53. The van der Waals surface area contributed by atoms with E-state index in [9.17, 15) is 38.2 Å². The van der Waals surface area contributed by atoms with Gasteiger partial charge in [0, 0.05) is 11.4 Å². The van der Waals surface area contributed by atoms with Gasteiger partial charge in [-0.2, -0.15) is 0 Å². The van der Waals surface area contributed by atoms with Crippen molar-refractivity contribution in [3.8, 4) is 5.75 Å². The molecule has 1 aliphatic carbocycles. The Morgan fingerprint density at radius 1 is 0.935 bits per heavy atom. The molecule has 46 heavy (non-hydrogen) atoms. The van der Waals surface area contributed by atoms with Gasteiger partial charge in [-0.05, 0) is 72.5 Å². The van der Waals surface area contributed by atoms with Gasteiger partial charge in [0.2, 0.25) is 11.8 Å². The van der Waals surface area contributed by atoms with E-state index in [4.69, 9.17) is 4.74 Å². The van der Waals surface area contributed by atoms with E-state index in [1.54, 1.807) is 29.2 Å². The number of carbonyl (C=O) groups excluding carboxylic acids is 3. The van der Waals surface area contributed by atoms with Crippen molar-refractivity contribution in [2.45, 2.75) is 48.6 Å². The van der Waals surface area contributed by atoms with Crippen LogP contribution in [0, 0.1) is 11.6 Å². The average molecular weight is 654 g/mol. The third kappa shape index (κ3) is 7.48. The van der Waals surface area contributed by atoms with Crippen LogP contribution in [0.2, 0.25) is 0 Å². The molecule has 0 spiro atoms. The molecule has 2 fully saturated rings. The molecule has 1 unspecified atom stereocenters. The molecule has 1 aliphatic heterocycles. The molecule has 1 saturated carbocycles. The molecular formula is C33H33F2N3O7S. The molecule has 0 bridgehead atoms.